The Morgan fingerprint density at radius 1 is 1.50 bits per heavy atom. The molecule has 0 radical (unpaired) electrons. The molecule has 3 N–H and O–H groups in total. The molecule has 1 aromatic carbocycles. The highest BCUT2D eigenvalue weighted by Crippen LogP contribution is 2.26. The van der Waals surface area contributed by atoms with Crippen LogP contribution in [-0.2, 0) is 0 Å². The molecule has 0 aromatic heterocycles. The van der Waals surface area contributed by atoms with Gasteiger partial charge in [0.25, 0.3) is 0 Å². The average Bonchev–Trinajstić information content (AvgIpc) is 2.92. The molecule has 1 amide bonds. The number of aryl methyl sites for hydroxylation is 1. The second-order valence-corrected chi connectivity index (χ2v) is 3.81. The maximum atomic E-state index is 10.9. The third kappa shape index (κ3) is 1.87. The van der Waals surface area contributed by atoms with E-state index in [4.69, 9.17) is 5.73 Å². The predicted octanol–water partition coefficient (Wildman–Crippen LogP) is 1.67. The summed E-state index contributed by atoms with van der Waals surface area (Å²) in [6, 6.07) is 6.15. The van der Waals surface area contributed by atoms with Crippen molar-refractivity contribution >= 4 is 11.6 Å². The maximum absolute atomic E-state index is 10.9. The van der Waals surface area contributed by atoms with Crippen LogP contribution in [0.15, 0.2) is 18.2 Å². The van der Waals surface area contributed by atoms with Gasteiger partial charge in [0.1, 0.15) is 0 Å². The Balaban J connectivity index is 2.21. The van der Waals surface area contributed by atoms with Gasteiger partial charge in [-0.05, 0) is 43.5 Å². The first-order chi connectivity index (χ1) is 6.66. The van der Waals surface area contributed by atoms with E-state index in [1.54, 1.807) is 6.07 Å². The molecule has 1 fully saturated rings. The molecule has 14 heavy (non-hydrogen) atoms. The second kappa shape index (κ2) is 3.33. The van der Waals surface area contributed by atoms with Crippen LogP contribution >= 0.6 is 0 Å². The average molecular weight is 190 g/mol. The molecule has 1 saturated carbocycles. The highest BCUT2D eigenvalue weighted by atomic mass is 16.1. The first-order valence-electron chi connectivity index (χ1n) is 4.84. The number of benzene rings is 1. The van der Waals surface area contributed by atoms with Gasteiger partial charge in [-0.1, -0.05) is 0 Å². The van der Waals surface area contributed by atoms with Gasteiger partial charge in [0.05, 0.1) is 0 Å². The summed E-state index contributed by atoms with van der Waals surface area (Å²) in [6.45, 7) is 1.98. The van der Waals surface area contributed by atoms with Crippen LogP contribution in [-0.4, -0.2) is 11.9 Å². The predicted molar refractivity (Wildman–Crippen MR) is 56.3 cm³/mol. The summed E-state index contributed by atoms with van der Waals surface area (Å²) < 4.78 is 0. The third-order valence-corrected chi connectivity index (χ3v) is 2.45. The van der Waals surface area contributed by atoms with Crippen LogP contribution in [0, 0.1) is 6.92 Å². The minimum absolute atomic E-state index is 0.369. The molecule has 0 aliphatic heterocycles. The lowest BCUT2D eigenvalue weighted by Gasteiger charge is -2.08. The van der Waals surface area contributed by atoms with E-state index in [1.807, 2.05) is 19.1 Å². The lowest BCUT2D eigenvalue weighted by molar-refractivity contribution is 0.100. The maximum Gasteiger partial charge on any atom is 0.248 e. The lowest BCUT2D eigenvalue weighted by Crippen LogP contribution is -2.11. The molecule has 74 valence electrons. The number of primary amides is 1. The number of nitrogens with two attached hydrogens (primary N) is 1. The molecule has 0 atom stereocenters. The van der Waals surface area contributed by atoms with E-state index in [1.165, 1.54) is 12.8 Å². The van der Waals surface area contributed by atoms with Crippen molar-refractivity contribution in [2.75, 3.05) is 5.32 Å². The van der Waals surface area contributed by atoms with Crippen LogP contribution in [0.1, 0.15) is 28.8 Å². The number of nitrogens with one attached hydrogen (secondary N) is 1. The fraction of sp³-hybridized carbons (Fsp3) is 0.364. The first kappa shape index (κ1) is 9.06. The molecule has 2 rings (SSSR count). The van der Waals surface area contributed by atoms with E-state index in [0.717, 1.165) is 11.3 Å². The summed E-state index contributed by atoms with van der Waals surface area (Å²) >= 11 is 0. The minimum atomic E-state index is -0.369. The minimum Gasteiger partial charge on any atom is -0.382 e. The smallest absolute Gasteiger partial charge is 0.248 e. The molecule has 3 heteroatoms. The van der Waals surface area contributed by atoms with E-state index >= 15 is 0 Å². The zero-order valence-corrected chi connectivity index (χ0v) is 8.21. The Kier molecular flexibility index (Phi) is 2.15. The number of hydrogen-bond donors (Lipinski definition) is 2. The van der Waals surface area contributed by atoms with E-state index < -0.39 is 0 Å². The summed E-state index contributed by atoms with van der Waals surface area (Å²) in [5, 5.41) is 3.40. The van der Waals surface area contributed by atoms with Crippen molar-refractivity contribution in [3.63, 3.8) is 0 Å². The van der Waals surface area contributed by atoms with Crippen molar-refractivity contribution in [2.45, 2.75) is 25.8 Å². The first-order valence-corrected chi connectivity index (χ1v) is 4.84. The Morgan fingerprint density at radius 3 is 2.71 bits per heavy atom. The van der Waals surface area contributed by atoms with Crippen LogP contribution in [0.5, 0.6) is 0 Å². The highest BCUT2D eigenvalue weighted by Gasteiger charge is 2.21. The van der Waals surface area contributed by atoms with Crippen molar-refractivity contribution in [1.82, 2.24) is 0 Å². The number of rotatable bonds is 3. The summed E-state index contributed by atoms with van der Waals surface area (Å²) in [4.78, 5) is 10.9. The number of carbonyl (C=O) groups excluding carboxylic acids is 1. The van der Waals surface area contributed by atoms with Gasteiger partial charge in [-0.25, -0.2) is 0 Å². The molecular weight excluding hydrogens is 176 g/mol. The van der Waals surface area contributed by atoms with E-state index in [2.05, 4.69) is 5.32 Å². The van der Waals surface area contributed by atoms with Crippen LogP contribution in [0.4, 0.5) is 5.69 Å². The molecule has 1 aliphatic carbocycles. The largest absolute Gasteiger partial charge is 0.382 e. The van der Waals surface area contributed by atoms with Crippen LogP contribution in [0.25, 0.3) is 0 Å². The van der Waals surface area contributed by atoms with E-state index in [0.29, 0.717) is 11.6 Å². The van der Waals surface area contributed by atoms with Crippen LogP contribution in [0.2, 0.25) is 0 Å². The Bertz CT molecular complexity index is 370. The summed E-state index contributed by atoms with van der Waals surface area (Å²) in [5.41, 5.74) is 7.95. The molecule has 1 aliphatic rings. The Hall–Kier alpha value is -1.51. The van der Waals surface area contributed by atoms with Gasteiger partial charge < -0.3 is 11.1 Å². The van der Waals surface area contributed by atoms with Crippen molar-refractivity contribution in [1.29, 1.82) is 0 Å². The molecule has 0 saturated heterocycles. The highest BCUT2D eigenvalue weighted by molar-refractivity contribution is 5.93. The fourth-order valence-corrected chi connectivity index (χ4v) is 1.43. The lowest BCUT2D eigenvalue weighted by atomic mass is 10.1. The van der Waals surface area contributed by atoms with Gasteiger partial charge >= 0.3 is 0 Å². The van der Waals surface area contributed by atoms with E-state index in [9.17, 15) is 4.79 Å². The number of hydrogen-bond acceptors (Lipinski definition) is 2. The van der Waals surface area contributed by atoms with Gasteiger partial charge in [0.15, 0.2) is 0 Å². The fourth-order valence-electron chi connectivity index (χ4n) is 1.43. The van der Waals surface area contributed by atoms with Crippen LogP contribution in [0.3, 0.4) is 0 Å². The molecule has 0 bridgehead atoms. The molecule has 0 heterocycles. The normalized spacial score (nSPS) is 15.2. The van der Waals surface area contributed by atoms with Gasteiger partial charge in [-0.3, -0.25) is 4.79 Å². The van der Waals surface area contributed by atoms with E-state index in [-0.39, 0.29) is 5.91 Å². The molecular formula is C11H14N2O. The van der Waals surface area contributed by atoms with Crippen molar-refractivity contribution in [2.24, 2.45) is 5.73 Å². The van der Waals surface area contributed by atoms with Crippen molar-refractivity contribution in [3.8, 4) is 0 Å². The summed E-state index contributed by atoms with van der Waals surface area (Å²) in [7, 11) is 0. The van der Waals surface area contributed by atoms with Crippen LogP contribution < -0.4 is 11.1 Å². The second-order valence-electron chi connectivity index (χ2n) is 3.81. The molecule has 0 unspecified atom stereocenters. The van der Waals surface area contributed by atoms with Gasteiger partial charge in [-0.15, -0.1) is 0 Å². The number of amides is 1. The summed E-state index contributed by atoms with van der Waals surface area (Å²) in [5.74, 6) is -0.369. The quantitative estimate of drug-likeness (QED) is 0.761. The van der Waals surface area contributed by atoms with Gasteiger partial charge in [0, 0.05) is 17.3 Å². The van der Waals surface area contributed by atoms with Gasteiger partial charge in [0.2, 0.25) is 5.91 Å². The topological polar surface area (TPSA) is 55.1 Å². The molecule has 0 spiro atoms. The Labute approximate surface area is 83.3 Å². The number of carbonyl (C=O) groups is 1. The third-order valence-electron chi connectivity index (χ3n) is 2.45. The SMILES string of the molecule is Cc1cc(C(N)=O)ccc1NC1CC1. The monoisotopic (exact) mass is 190 g/mol. The number of anilines is 1. The zero-order valence-electron chi connectivity index (χ0n) is 8.21. The van der Waals surface area contributed by atoms with Crippen molar-refractivity contribution < 1.29 is 4.79 Å². The Morgan fingerprint density at radius 2 is 2.21 bits per heavy atom. The van der Waals surface area contributed by atoms with Gasteiger partial charge in [-0.2, -0.15) is 0 Å². The molecule has 1 aromatic rings. The standard InChI is InChI=1S/C11H14N2O/c1-7-6-8(11(12)14)2-5-10(7)13-9-3-4-9/h2,5-6,9,13H,3-4H2,1H3,(H2,12,14). The zero-order chi connectivity index (χ0) is 10.1. The van der Waals surface area contributed by atoms with Crippen molar-refractivity contribution in [3.05, 3.63) is 29.3 Å². The molecule has 3 nitrogen and oxygen atoms in total. The summed E-state index contributed by atoms with van der Waals surface area (Å²) in [6.07, 6.45) is 2.49.